The maximum Gasteiger partial charge on any atom is 0.244 e. The zero-order valence-corrected chi connectivity index (χ0v) is 6.50. The van der Waals surface area contributed by atoms with Crippen LogP contribution >= 0.6 is 0 Å². The van der Waals surface area contributed by atoms with Gasteiger partial charge in [0.25, 0.3) is 0 Å². The number of carbonyl (C=O) groups is 1. The fraction of sp³-hybridized carbons (Fsp3) is 0.222. The van der Waals surface area contributed by atoms with E-state index in [9.17, 15) is 4.79 Å². The molecule has 0 bridgehead atoms. The average Bonchev–Trinajstić information content (AvgIpc) is 2.13. The third-order valence-corrected chi connectivity index (χ3v) is 1.62. The van der Waals surface area contributed by atoms with Crippen LogP contribution in [0.15, 0.2) is 35.5 Å². The second-order valence-corrected chi connectivity index (χ2v) is 2.57. The summed E-state index contributed by atoms with van der Waals surface area (Å²) in [5.41, 5.74) is 6.94. The van der Waals surface area contributed by atoms with Gasteiger partial charge in [0.15, 0.2) is 0 Å². The summed E-state index contributed by atoms with van der Waals surface area (Å²) < 4.78 is 0. The van der Waals surface area contributed by atoms with E-state index < -0.39 is 0 Å². The van der Waals surface area contributed by atoms with Gasteiger partial charge < -0.3 is 5.73 Å². The van der Waals surface area contributed by atoms with E-state index in [2.05, 4.69) is 0 Å². The molecular weight excluding hydrogens is 138 g/mol. The Balaban J connectivity index is 2.82. The molecule has 1 rings (SSSR count). The highest BCUT2D eigenvalue weighted by atomic mass is 16.1. The summed E-state index contributed by atoms with van der Waals surface area (Å²) in [5, 5.41) is 0. The van der Waals surface area contributed by atoms with Crippen LogP contribution in [0.25, 0.3) is 0 Å². The molecule has 0 spiro atoms. The van der Waals surface area contributed by atoms with Gasteiger partial charge in [-0.25, -0.2) is 0 Å². The molecule has 0 aromatic rings. The van der Waals surface area contributed by atoms with Crippen molar-refractivity contribution < 1.29 is 4.79 Å². The Kier molecular flexibility index (Phi) is 2.26. The van der Waals surface area contributed by atoms with E-state index in [0.717, 1.165) is 5.57 Å². The Bertz CT molecular complexity index is 256. The number of hydrogen-bond acceptors (Lipinski definition) is 1. The minimum Gasteiger partial charge on any atom is -0.366 e. The second-order valence-electron chi connectivity index (χ2n) is 2.57. The van der Waals surface area contributed by atoms with Crippen LogP contribution in [-0.2, 0) is 4.79 Å². The van der Waals surface area contributed by atoms with Gasteiger partial charge in [0.05, 0.1) is 0 Å². The third kappa shape index (κ3) is 2.08. The number of hydrogen-bond donors (Lipinski definition) is 1. The van der Waals surface area contributed by atoms with Crippen LogP contribution in [0.5, 0.6) is 0 Å². The molecule has 0 atom stereocenters. The summed E-state index contributed by atoms with van der Waals surface area (Å²) in [6.45, 7) is 1.99. The van der Waals surface area contributed by atoms with E-state index in [0.29, 0.717) is 12.0 Å². The van der Waals surface area contributed by atoms with Gasteiger partial charge in [-0.05, 0) is 13.3 Å². The van der Waals surface area contributed by atoms with Crippen LogP contribution in [0.2, 0.25) is 0 Å². The van der Waals surface area contributed by atoms with Crippen LogP contribution in [-0.4, -0.2) is 5.91 Å². The first-order chi connectivity index (χ1) is 5.20. The van der Waals surface area contributed by atoms with E-state index in [-0.39, 0.29) is 5.91 Å². The lowest BCUT2D eigenvalue weighted by Gasteiger charge is -1.94. The Hall–Kier alpha value is -1.31. The van der Waals surface area contributed by atoms with Crippen LogP contribution in [0.1, 0.15) is 13.3 Å². The molecule has 0 radical (unpaired) electrons. The molecule has 1 aliphatic rings. The lowest BCUT2D eigenvalue weighted by atomic mass is 10.1. The van der Waals surface area contributed by atoms with Gasteiger partial charge in [-0.1, -0.05) is 29.9 Å². The quantitative estimate of drug-likeness (QED) is 0.600. The summed E-state index contributed by atoms with van der Waals surface area (Å²) in [7, 11) is 0. The monoisotopic (exact) mass is 149 g/mol. The van der Waals surface area contributed by atoms with Gasteiger partial charge in [0, 0.05) is 5.57 Å². The first-order valence-corrected chi connectivity index (χ1v) is 3.54. The molecule has 0 fully saturated rings. The molecule has 1 aliphatic carbocycles. The van der Waals surface area contributed by atoms with Crippen molar-refractivity contribution in [3.8, 4) is 0 Å². The summed E-state index contributed by atoms with van der Waals surface area (Å²) in [6.07, 6.45) is 8.19. The molecule has 0 unspecified atom stereocenters. The van der Waals surface area contributed by atoms with Crippen molar-refractivity contribution in [2.75, 3.05) is 0 Å². The van der Waals surface area contributed by atoms with Gasteiger partial charge in [-0.2, -0.15) is 0 Å². The molecule has 0 aromatic carbocycles. The maximum atomic E-state index is 10.7. The van der Waals surface area contributed by atoms with Crippen LogP contribution in [0, 0.1) is 0 Å². The van der Waals surface area contributed by atoms with Crippen molar-refractivity contribution in [2.24, 2.45) is 5.73 Å². The predicted molar refractivity (Wildman–Crippen MR) is 44.8 cm³/mol. The van der Waals surface area contributed by atoms with E-state index in [1.54, 1.807) is 6.08 Å². The molecule has 0 aromatic heterocycles. The zero-order valence-electron chi connectivity index (χ0n) is 6.50. The van der Waals surface area contributed by atoms with Gasteiger partial charge in [-0.3, -0.25) is 4.79 Å². The predicted octanol–water partition coefficient (Wildman–Crippen LogP) is 1.30. The highest BCUT2D eigenvalue weighted by Crippen LogP contribution is 2.10. The van der Waals surface area contributed by atoms with Crippen molar-refractivity contribution in [1.29, 1.82) is 0 Å². The SMILES string of the molecule is CC1=CCC(C(N)=O)=CC=C1. The lowest BCUT2D eigenvalue weighted by molar-refractivity contribution is -0.114. The molecular formula is C9H11NO. The Morgan fingerprint density at radius 2 is 2.36 bits per heavy atom. The molecule has 0 saturated carbocycles. The second kappa shape index (κ2) is 3.19. The number of allylic oxidation sites excluding steroid dienone is 5. The van der Waals surface area contributed by atoms with Gasteiger partial charge in [0.2, 0.25) is 5.91 Å². The highest BCUT2D eigenvalue weighted by molar-refractivity contribution is 5.92. The van der Waals surface area contributed by atoms with Crippen molar-refractivity contribution in [2.45, 2.75) is 13.3 Å². The average molecular weight is 149 g/mol. The first kappa shape index (κ1) is 7.79. The number of nitrogens with two attached hydrogens (primary N) is 1. The van der Waals surface area contributed by atoms with Gasteiger partial charge in [-0.15, -0.1) is 0 Å². The smallest absolute Gasteiger partial charge is 0.244 e. The number of carbonyl (C=O) groups excluding carboxylic acids is 1. The minimum atomic E-state index is -0.333. The van der Waals surface area contributed by atoms with Gasteiger partial charge in [0.1, 0.15) is 0 Å². The highest BCUT2D eigenvalue weighted by Gasteiger charge is 2.02. The fourth-order valence-corrected chi connectivity index (χ4v) is 0.906. The Morgan fingerprint density at radius 1 is 1.64 bits per heavy atom. The minimum absolute atomic E-state index is 0.333. The summed E-state index contributed by atoms with van der Waals surface area (Å²) in [5.74, 6) is -0.333. The first-order valence-electron chi connectivity index (χ1n) is 3.54. The number of primary amides is 1. The van der Waals surface area contributed by atoms with Crippen molar-refractivity contribution in [3.63, 3.8) is 0 Å². The van der Waals surface area contributed by atoms with Crippen LogP contribution in [0.4, 0.5) is 0 Å². The summed E-state index contributed by atoms with van der Waals surface area (Å²) >= 11 is 0. The molecule has 0 heterocycles. The Morgan fingerprint density at radius 3 is 3.00 bits per heavy atom. The third-order valence-electron chi connectivity index (χ3n) is 1.62. The van der Waals surface area contributed by atoms with E-state index in [4.69, 9.17) is 5.73 Å². The normalized spacial score (nSPS) is 16.8. The van der Waals surface area contributed by atoms with Gasteiger partial charge >= 0.3 is 0 Å². The molecule has 2 heteroatoms. The number of rotatable bonds is 1. The molecule has 1 amide bonds. The molecule has 0 saturated heterocycles. The lowest BCUT2D eigenvalue weighted by Crippen LogP contribution is -2.13. The van der Waals surface area contributed by atoms with E-state index >= 15 is 0 Å². The van der Waals surface area contributed by atoms with E-state index in [1.165, 1.54) is 0 Å². The molecule has 58 valence electrons. The fourth-order valence-electron chi connectivity index (χ4n) is 0.906. The summed E-state index contributed by atoms with van der Waals surface area (Å²) in [6, 6.07) is 0. The zero-order chi connectivity index (χ0) is 8.27. The van der Waals surface area contributed by atoms with Crippen molar-refractivity contribution >= 4 is 5.91 Å². The standard InChI is InChI=1S/C9H11NO/c1-7-3-2-4-8(6-5-7)9(10)11/h2-5H,6H2,1H3,(H2,10,11). The van der Waals surface area contributed by atoms with Crippen molar-refractivity contribution in [1.82, 2.24) is 0 Å². The van der Waals surface area contributed by atoms with Crippen LogP contribution in [0.3, 0.4) is 0 Å². The molecule has 2 nitrogen and oxygen atoms in total. The molecule has 0 aliphatic heterocycles. The molecule has 11 heavy (non-hydrogen) atoms. The maximum absolute atomic E-state index is 10.7. The largest absolute Gasteiger partial charge is 0.366 e. The molecule has 2 N–H and O–H groups in total. The van der Waals surface area contributed by atoms with E-state index in [1.807, 2.05) is 25.2 Å². The Labute approximate surface area is 66.1 Å². The van der Waals surface area contributed by atoms with Crippen LogP contribution < -0.4 is 5.73 Å². The topological polar surface area (TPSA) is 43.1 Å². The summed E-state index contributed by atoms with van der Waals surface area (Å²) in [4.78, 5) is 10.7. The number of amides is 1. The van der Waals surface area contributed by atoms with Crippen molar-refractivity contribution in [3.05, 3.63) is 35.5 Å².